The third kappa shape index (κ3) is 7.80. The third-order valence-corrected chi connectivity index (χ3v) is 10.1. The van der Waals surface area contributed by atoms with Crippen LogP contribution in [0.1, 0.15) is 62.6 Å². The van der Waals surface area contributed by atoms with Gasteiger partial charge < -0.3 is 30.3 Å². The molecule has 2 aromatic heterocycles. The molecule has 51 heavy (non-hydrogen) atoms. The molecular weight excluding hydrogens is 668 g/mol. The van der Waals surface area contributed by atoms with E-state index in [9.17, 15) is 32.6 Å². The van der Waals surface area contributed by atoms with Crippen LogP contribution in [0, 0.1) is 5.82 Å². The summed E-state index contributed by atoms with van der Waals surface area (Å²) in [7, 11) is 0. The zero-order valence-corrected chi connectivity index (χ0v) is 28.6. The third-order valence-electron chi connectivity index (χ3n) is 10.1. The lowest BCUT2D eigenvalue weighted by molar-refractivity contribution is -0.190. The van der Waals surface area contributed by atoms with Gasteiger partial charge in [-0.1, -0.05) is 56.3 Å². The zero-order chi connectivity index (χ0) is 36.3. The predicted molar refractivity (Wildman–Crippen MR) is 185 cm³/mol. The van der Waals surface area contributed by atoms with Gasteiger partial charge in [0.2, 0.25) is 5.95 Å². The molecular formula is C36H44F4N8O3. The smallest absolute Gasteiger partial charge is 0.388 e. The Morgan fingerprint density at radius 1 is 1.02 bits per heavy atom. The van der Waals surface area contributed by atoms with Crippen LogP contribution >= 0.6 is 0 Å². The minimum absolute atomic E-state index is 0.153. The number of alkyl halides is 3. The van der Waals surface area contributed by atoms with E-state index in [1.54, 1.807) is 23.6 Å². The van der Waals surface area contributed by atoms with Crippen LogP contribution < -0.4 is 10.6 Å². The van der Waals surface area contributed by atoms with Crippen LogP contribution in [0.3, 0.4) is 0 Å². The minimum atomic E-state index is -5.13. The highest BCUT2D eigenvalue weighted by molar-refractivity contribution is 5.85. The number of carbonyl (C=O) groups excluding carboxylic acids is 1. The summed E-state index contributed by atoms with van der Waals surface area (Å²) in [4.78, 5) is 29.5. The maximum atomic E-state index is 13.9. The van der Waals surface area contributed by atoms with Gasteiger partial charge in [-0.05, 0) is 62.0 Å². The highest BCUT2D eigenvalue weighted by Crippen LogP contribution is 2.38. The van der Waals surface area contributed by atoms with Crippen LogP contribution in [0.4, 0.5) is 29.3 Å². The quantitative estimate of drug-likeness (QED) is 0.142. The summed E-state index contributed by atoms with van der Waals surface area (Å²) < 4.78 is 56.1. The highest BCUT2D eigenvalue weighted by atomic mass is 19.4. The molecule has 0 bridgehead atoms. The topological polar surface area (TPSA) is 132 Å². The second-order valence-corrected chi connectivity index (χ2v) is 13.3. The number of imidazole rings is 1. The van der Waals surface area contributed by atoms with Gasteiger partial charge in [0.15, 0.2) is 17.0 Å². The maximum Gasteiger partial charge on any atom is 0.471 e. The van der Waals surface area contributed by atoms with Crippen molar-refractivity contribution in [1.29, 1.82) is 0 Å². The standard InChI is InChI=1S/C36H44F4N8O3/c1-3-16-47(34(51)36(38,39)40)27-18-28(31(50)30(27)49)48-21-43-29-32(44-35(45-33(29)48)42-19-25-11-8-17-46(25)4-2)41-20-26(22-9-6-5-7-10-22)23-12-14-24(37)15-13-23/h5-7,9-10,12-15,21,25-28,30-31,49-50H,3-4,8,11,16-20H2,1-2H3,(H2,41,42,44,45)/t25-,26?,27+,28-,30-,31+/m1/s1. The summed E-state index contributed by atoms with van der Waals surface area (Å²) in [5.74, 6) is -1.93. The van der Waals surface area contributed by atoms with Crippen molar-refractivity contribution >= 4 is 28.8 Å². The van der Waals surface area contributed by atoms with E-state index in [0.29, 0.717) is 35.0 Å². The first kappa shape index (κ1) is 36.5. The predicted octanol–water partition coefficient (Wildman–Crippen LogP) is 4.94. The molecule has 15 heteroatoms. The van der Waals surface area contributed by atoms with Crippen LogP contribution in [-0.4, -0.2) is 109 Å². The van der Waals surface area contributed by atoms with Gasteiger partial charge in [-0.2, -0.15) is 23.1 Å². The Morgan fingerprint density at radius 3 is 2.43 bits per heavy atom. The molecule has 1 amide bonds. The van der Waals surface area contributed by atoms with Crippen LogP contribution in [0.15, 0.2) is 60.9 Å². The van der Waals surface area contributed by atoms with E-state index in [-0.39, 0.29) is 43.1 Å². The number of nitrogens with zero attached hydrogens (tertiary/aromatic N) is 6. The summed E-state index contributed by atoms with van der Waals surface area (Å²) in [5.41, 5.74) is 2.52. The van der Waals surface area contributed by atoms with E-state index < -0.39 is 36.4 Å². The molecule has 4 N–H and O–H groups in total. The number of halogens is 4. The summed E-state index contributed by atoms with van der Waals surface area (Å²) in [5, 5.41) is 29.0. The fourth-order valence-electron chi connectivity index (χ4n) is 7.51. The molecule has 1 saturated carbocycles. The molecule has 0 spiro atoms. The number of rotatable bonds is 13. The first-order valence-corrected chi connectivity index (χ1v) is 17.5. The van der Waals surface area contributed by atoms with Crippen LogP contribution in [0.2, 0.25) is 0 Å². The largest absolute Gasteiger partial charge is 0.471 e. The fraction of sp³-hybridized carbons (Fsp3) is 0.500. The van der Waals surface area contributed by atoms with Crippen molar-refractivity contribution in [2.75, 3.05) is 43.4 Å². The summed E-state index contributed by atoms with van der Waals surface area (Å²) >= 11 is 0. The molecule has 4 aromatic rings. The van der Waals surface area contributed by atoms with Crippen molar-refractivity contribution in [3.63, 3.8) is 0 Å². The molecule has 1 aliphatic carbocycles. The Morgan fingerprint density at radius 2 is 1.75 bits per heavy atom. The number of aliphatic hydroxyl groups excluding tert-OH is 2. The highest BCUT2D eigenvalue weighted by Gasteiger charge is 2.51. The molecule has 2 aliphatic rings. The van der Waals surface area contributed by atoms with Gasteiger partial charge in [0.05, 0.1) is 18.4 Å². The number of carbonyl (C=O) groups is 1. The average Bonchev–Trinajstić information content (AvgIpc) is 3.84. The van der Waals surface area contributed by atoms with E-state index in [4.69, 9.17) is 9.97 Å². The SMILES string of the molecule is CCCN(C(=O)C(F)(F)F)[C@H]1C[C@@H](n2cnc3c(NCC(c4ccccc4)c4ccc(F)cc4)nc(NC[C@H]4CCCN4CC)nc32)[C@H](O)[C@@H]1O. The summed E-state index contributed by atoms with van der Waals surface area (Å²) in [6, 6.07) is 14.1. The Balaban J connectivity index is 1.35. The molecule has 1 aliphatic heterocycles. The zero-order valence-electron chi connectivity index (χ0n) is 28.6. The Bertz CT molecular complexity index is 1770. The van der Waals surface area contributed by atoms with E-state index in [1.165, 1.54) is 18.5 Å². The number of likely N-dealkylation sites (N-methyl/N-ethyl adjacent to an activating group) is 1. The molecule has 0 radical (unpaired) electrons. The van der Waals surface area contributed by atoms with E-state index in [2.05, 4.69) is 27.4 Å². The van der Waals surface area contributed by atoms with Crippen LogP contribution in [0.25, 0.3) is 11.2 Å². The van der Waals surface area contributed by atoms with Crippen molar-refractivity contribution in [2.24, 2.45) is 0 Å². The number of hydrogen-bond donors (Lipinski definition) is 4. The normalized spacial score (nSPS) is 23.1. The maximum absolute atomic E-state index is 13.9. The molecule has 11 nitrogen and oxygen atoms in total. The van der Waals surface area contributed by atoms with Crippen LogP contribution in [0.5, 0.6) is 0 Å². The average molecular weight is 713 g/mol. The van der Waals surface area contributed by atoms with E-state index in [0.717, 1.165) is 37.1 Å². The number of benzene rings is 2. The van der Waals surface area contributed by atoms with Crippen molar-refractivity contribution in [2.45, 2.75) is 82.0 Å². The molecule has 1 saturated heterocycles. The lowest BCUT2D eigenvalue weighted by Crippen LogP contribution is -2.51. The number of aromatic nitrogens is 4. The van der Waals surface area contributed by atoms with Gasteiger partial charge in [-0.3, -0.25) is 9.69 Å². The van der Waals surface area contributed by atoms with Gasteiger partial charge in [-0.15, -0.1) is 0 Å². The fourth-order valence-corrected chi connectivity index (χ4v) is 7.51. The number of likely N-dealkylation sites (tertiary alicyclic amines) is 1. The molecule has 2 fully saturated rings. The van der Waals surface area contributed by atoms with E-state index >= 15 is 0 Å². The van der Waals surface area contributed by atoms with Gasteiger partial charge in [0.25, 0.3) is 0 Å². The molecule has 1 unspecified atom stereocenters. The second-order valence-electron chi connectivity index (χ2n) is 13.3. The summed E-state index contributed by atoms with van der Waals surface area (Å²) in [6.07, 6.45) is -4.67. The number of amides is 1. The Hall–Kier alpha value is -4.34. The Labute approximate surface area is 293 Å². The van der Waals surface area contributed by atoms with Crippen molar-refractivity contribution in [3.8, 4) is 0 Å². The monoisotopic (exact) mass is 712 g/mol. The lowest BCUT2D eigenvalue weighted by atomic mass is 9.91. The van der Waals surface area contributed by atoms with Crippen molar-refractivity contribution < 1.29 is 32.6 Å². The number of hydrogen-bond acceptors (Lipinski definition) is 9. The number of nitrogens with one attached hydrogen (secondary N) is 2. The van der Waals surface area contributed by atoms with Gasteiger partial charge in [-0.25, -0.2) is 9.37 Å². The van der Waals surface area contributed by atoms with Crippen molar-refractivity contribution in [3.05, 3.63) is 77.9 Å². The number of anilines is 2. The molecule has 274 valence electrons. The number of aliphatic hydroxyl groups is 2. The second kappa shape index (κ2) is 15.5. The molecule has 6 rings (SSSR count). The molecule has 6 atom stereocenters. The first-order valence-electron chi connectivity index (χ1n) is 17.5. The molecule has 3 heterocycles. The lowest BCUT2D eigenvalue weighted by Gasteiger charge is -2.31. The van der Waals surface area contributed by atoms with Crippen LogP contribution in [-0.2, 0) is 4.79 Å². The molecule has 2 aromatic carbocycles. The van der Waals surface area contributed by atoms with Gasteiger partial charge in [0, 0.05) is 31.6 Å². The first-order chi connectivity index (χ1) is 24.5. The number of fused-ring (bicyclic) bond motifs is 1. The van der Waals surface area contributed by atoms with E-state index in [1.807, 2.05) is 30.3 Å². The summed E-state index contributed by atoms with van der Waals surface area (Å²) in [6.45, 7) is 6.35. The minimum Gasteiger partial charge on any atom is -0.388 e. The van der Waals surface area contributed by atoms with Gasteiger partial charge >= 0.3 is 12.1 Å². The van der Waals surface area contributed by atoms with Gasteiger partial charge in [0.1, 0.15) is 18.0 Å². The van der Waals surface area contributed by atoms with Crippen molar-refractivity contribution in [1.82, 2.24) is 29.3 Å². The Kier molecular flexibility index (Phi) is 11.1.